The van der Waals surface area contributed by atoms with Crippen molar-refractivity contribution in [2.24, 2.45) is 11.7 Å². The number of thiol groups is 1. The lowest BCUT2D eigenvalue weighted by atomic mass is 9.98. The van der Waals surface area contributed by atoms with Crippen LogP contribution in [-0.2, 0) is 19.2 Å². The van der Waals surface area contributed by atoms with Crippen LogP contribution in [0.4, 0.5) is 0 Å². The van der Waals surface area contributed by atoms with Gasteiger partial charge in [-0.1, -0.05) is 20.3 Å². The minimum absolute atomic E-state index is 0.192. The number of nitrogens with one attached hydrogen (secondary N) is 1. The van der Waals surface area contributed by atoms with Crippen molar-refractivity contribution in [3.8, 4) is 0 Å². The fourth-order valence-electron chi connectivity index (χ4n) is 4.01. The summed E-state index contributed by atoms with van der Waals surface area (Å²) in [6.07, 6.45) is 2.96. The first-order valence-corrected chi connectivity index (χ1v) is 10.9. The molecule has 0 bridgehead atoms. The first kappa shape index (κ1) is 23.5. The van der Waals surface area contributed by atoms with E-state index in [0.717, 1.165) is 0 Å². The maximum absolute atomic E-state index is 13.2. The number of carboxylic acid groups (broad SMARTS) is 1. The van der Waals surface area contributed by atoms with Gasteiger partial charge >= 0.3 is 5.97 Å². The number of hydrogen-bond acceptors (Lipinski definition) is 6. The van der Waals surface area contributed by atoms with Crippen molar-refractivity contribution >= 4 is 36.3 Å². The maximum atomic E-state index is 13.2. The molecule has 0 saturated carbocycles. The second kappa shape index (κ2) is 10.3. The van der Waals surface area contributed by atoms with Crippen molar-refractivity contribution < 1.29 is 24.3 Å². The number of hydrogen-bond donors (Lipinski definition) is 4. The van der Waals surface area contributed by atoms with E-state index in [0.29, 0.717) is 45.2 Å². The van der Waals surface area contributed by atoms with E-state index in [1.807, 2.05) is 6.92 Å². The van der Waals surface area contributed by atoms with Crippen LogP contribution in [0.5, 0.6) is 0 Å². The lowest BCUT2D eigenvalue weighted by Crippen LogP contribution is -2.57. The summed E-state index contributed by atoms with van der Waals surface area (Å²) in [7, 11) is 0. The third kappa shape index (κ3) is 5.22. The predicted molar refractivity (Wildman–Crippen MR) is 110 cm³/mol. The van der Waals surface area contributed by atoms with Crippen LogP contribution >= 0.6 is 12.6 Å². The Morgan fingerprint density at radius 2 is 1.72 bits per heavy atom. The zero-order chi connectivity index (χ0) is 21.7. The molecular formula is C19H32N4O5S. The van der Waals surface area contributed by atoms with Crippen molar-refractivity contribution in [1.82, 2.24) is 15.1 Å². The highest BCUT2D eigenvalue weighted by Gasteiger charge is 2.43. The molecule has 2 aliphatic heterocycles. The zero-order valence-corrected chi connectivity index (χ0v) is 17.9. The molecule has 164 valence electrons. The predicted octanol–water partition coefficient (Wildman–Crippen LogP) is -0.159. The molecule has 5 atom stereocenters. The number of carbonyl (C=O) groups excluding carboxylic acids is 3. The summed E-state index contributed by atoms with van der Waals surface area (Å²) in [6, 6.07) is -3.12. The summed E-state index contributed by atoms with van der Waals surface area (Å²) in [5, 5.41) is 12.0. The Bertz CT molecular complexity index is 646. The average Bonchev–Trinajstić information content (AvgIpc) is 3.38. The van der Waals surface area contributed by atoms with Crippen LogP contribution in [0.25, 0.3) is 0 Å². The van der Waals surface area contributed by atoms with Crippen LogP contribution in [0.15, 0.2) is 0 Å². The highest BCUT2D eigenvalue weighted by Crippen LogP contribution is 2.26. The minimum atomic E-state index is -1.09. The third-order valence-electron chi connectivity index (χ3n) is 5.95. The molecule has 2 saturated heterocycles. The van der Waals surface area contributed by atoms with Crippen molar-refractivity contribution in [2.45, 2.75) is 70.1 Å². The zero-order valence-electron chi connectivity index (χ0n) is 17.0. The van der Waals surface area contributed by atoms with Gasteiger partial charge in [-0.3, -0.25) is 14.4 Å². The molecule has 10 heteroatoms. The molecule has 0 aromatic heterocycles. The molecule has 0 radical (unpaired) electrons. The number of likely N-dealkylation sites (tertiary alicyclic amines) is 2. The van der Waals surface area contributed by atoms with Gasteiger partial charge in [0.05, 0.1) is 6.04 Å². The van der Waals surface area contributed by atoms with E-state index in [1.54, 1.807) is 6.92 Å². The third-order valence-corrected chi connectivity index (χ3v) is 6.34. The van der Waals surface area contributed by atoms with Crippen LogP contribution in [-0.4, -0.2) is 81.6 Å². The molecule has 5 unspecified atom stereocenters. The Balaban J connectivity index is 2.11. The fourth-order valence-corrected chi connectivity index (χ4v) is 4.16. The van der Waals surface area contributed by atoms with Crippen molar-refractivity contribution in [2.75, 3.05) is 18.8 Å². The van der Waals surface area contributed by atoms with Crippen LogP contribution in [0.3, 0.4) is 0 Å². The van der Waals surface area contributed by atoms with Crippen LogP contribution in [0.2, 0.25) is 0 Å². The van der Waals surface area contributed by atoms with Gasteiger partial charge in [0.1, 0.15) is 18.1 Å². The molecule has 0 spiro atoms. The number of aliphatic carboxylic acids is 1. The van der Waals surface area contributed by atoms with Gasteiger partial charge in [0.15, 0.2) is 0 Å². The summed E-state index contributed by atoms with van der Waals surface area (Å²) in [6.45, 7) is 4.49. The summed E-state index contributed by atoms with van der Waals surface area (Å²) in [5.74, 6) is -2.15. The Morgan fingerprint density at radius 3 is 2.28 bits per heavy atom. The van der Waals surface area contributed by atoms with Gasteiger partial charge in [-0.15, -0.1) is 0 Å². The maximum Gasteiger partial charge on any atom is 0.326 e. The van der Waals surface area contributed by atoms with Crippen LogP contribution < -0.4 is 11.1 Å². The molecule has 0 aromatic carbocycles. The molecule has 0 aliphatic carbocycles. The molecule has 2 heterocycles. The molecule has 4 N–H and O–H groups in total. The lowest BCUT2D eigenvalue weighted by Gasteiger charge is -2.32. The van der Waals surface area contributed by atoms with Gasteiger partial charge in [0.25, 0.3) is 0 Å². The van der Waals surface area contributed by atoms with E-state index in [2.05, 4.69) is 17.9 Å². The molecule has 29 heavy (non-hydrogen) atoms. The van der Waals surface area contributed by atoms with Crippen molar-refractivity contribution in [3.63, 3.8) is 0 Å². The van der Waals surface area contributed by atoms with E-state index in [1.165, 1.54) is 9.80 Å². The number of nitrogens with zero attached hydrogens (tertiary/aromatic N) is 2. The van der Waals surface area contributed by atoms with Gasteiger partial charge < -0.3 is 26.0 Å². The van der Waals surface area contributed by atoms with E-state index in [9.17, 15) is 24.3 Å². The quantitative estimate of drug-likeness (QED) is 0.397. The van der Waals surface area contributed by atoms with Gasteiger partial charge in [-0.2, -0.15) is 12.6 Å². The molecule has 9 nitrogen and oxygen atoms in total. The van der Waals surface area contributed by atoms with E-state index in [-0.39, 0.29) is 23.5 Å². The Hall–Kier alpha value is -1.81. The fraction of sp³-hybridized carbons (Fsp3) is 0.789. The monoisotopic (exact) mass is 428 g/mol. The topological polar surface area (TPSA) is 133 Å². The lowest BCUT2D eigenvalue weighted by molar-refractivity contribution is -0.148. The molecule has 3 amide bonds. The number of amides is 3. The standard InChI is InChI=1S/C19H32N4O5S/c1-3-11(2)15(19(27)28)21-16(24)13-6-4-8-22(13)18(26)14-7-5-9-23(14)17(25)12(20)10-29/h11-15,29H,3-10,20H2,1-2H3,(H,21,24)(H,27,28). The number of carbonyl (C=O) groups is 4. The number of carboxylic acids is 1. The smallest absolute Gasteiger partial charge is 0.326 e. The molecule has 2 fully saturated rings. The molecular weight excluding hydrogens is 396 g/mol. The normalized spacial score (nSPS) is 24.8. The van der Waals surface area contributed by atoms with Gasteiger partial charge in [-0.05, 0) is 31.6 Å². The van der Waals surface area contributed by atoms with E-state index < -0.39 is 36.0 Å². The van der Waals surface area contributed by atoms with Crippen molar-refractivity contribution in [3.05, 3.63) is 0 Å². The van der Waals surface area contributed by atoms with Gasteiger partial charge in [0.2, 0.25) is 17.7 Å². The summed E-state index contributed by atoms with van der Waals surface area (Å²) >= 11 is 4.06. The highest BCUT2D eigenvalue weighted by atomic mass is 32.1. The second-order valence-corrected chi connectivity index (χ2v) is 8.24. The number of nitrogens with two attached hydrogens (primary N) is 1. The largest absolute Gasteiger partial charge is 0.480 e. The van der Waals surface area contributed by atoms with Gasteiger partial charge in [0, 0.05) is 18.8 Å². The van der Waals surface area contributed by atoms with E-state index >= 15 is 0 Å². The summed E-state index contributed by atoms with van der Waals surface area (Å²) in [5.41, 5.74) is 5.80. The second-order valence-electron chi connectivity index (χ2n) is 7.88. The van der Waals surface area contributed by atoms with Crippen LogP contribution in [0.1, 0.15) is 46.0 Å². The molecule has 2 aliphatic rings. The first-order valence-electron chi connectivity index (χ1n) is 10.2. The van der Waals surface area contributed by atoms with Crippen molar-refractivity contribution in [1.29, 1.82) is 0 Å². The first-order chi connectivity index (χ1) is 13.7. The molecule has 2 rings (SSSR count). The Labute approximate surface area is 176 Å². The average molecular weight is 429 g/mol. The number of rotatable bonds is 8. The Kier molecular flexibility index (Phi) is 8.33. The SMILES string of the molecule is CCC(C)C(NC(=O)C1CCCN1C(=O)C1CCCN1C(=O)C(N)CS)C(=O)O. The summed E-state index contributed by atoms with van der Waals surface area (Å²) < 4.78 is 0. The molecule has 0 aromatic rings. The highest BCUT2D eigenvalue weighted by molar-refractivity contribution is 7.80. The Morgan fingerprint density at radius 1 is 1.14 bits per heavy atom. The van der Waals surface area contributed by atoms with Crippen LogP contribution in [0, 0.1) is 5.92 Å². The minimum Gasteiger partial charge on any atom is -0.480 e. The summed E-state index contributed by atoms with van der Waals surface area (Å²) in [4.78, 5) is 53.0. The van der Waals surface area contributed by atoms with E-state index in [4.69, 9.17) is 5.73 Å². The van der Waals surface area contributed by atoms with Gasteiger partial charge in [-0.25, -0.2) is 4.79 Å².